The number of halogens is 4. The predicted molar refractivity (Wildman–Crippen MR) is 84.5 cm³/mol. The molecule has 0 N–H and O–H groups in total. The highest BCUT2D eigenvalue weighted by atomic mass is 35.5. The lowest BCUT2D eigenvalue weighted by Gasteiger charge is -2.35. The van der Waals surface area contributed by atoms with Gasteiger partial charge in [-0.3, -0.25) is 4.79 Å². The van der Waals surface area contributed by atoms with Crippen molar-refractivity contribution in [2.45, 2.75) is 6.18 Å². The van der Waals surface area contributed by atoms with Crippen LogP contribution >= 0.6 is 22.9 Å². The van der Waals surface area contributed by atoms with Gasteiger partial charge in [0.25, 0.3) is 5.91 Å². The third-order valence-electron chi connectivity index (χ3n) is 3.62. The van der Waals surface area contributed by atoms with E-state index in [1.807, 2.05) is 0 Å². The SMILES string of the molecule is O=C(c1ccc(Cl)s1)N1CCN(c2ccc(C(F)(F)F)nn2)CC1. The molecule has 3 rings (SSSR count). The van der Waals surface area contributed by atoms with Gasteiger partial charge in [-0.15, -0.1) is 21.5 Å². The van der Waals surface area contributed by atoms with Crippen LogP contribution in [-0.2, 0) is 6.18 Å². The molecule has 0 atom stereocenters. The first kappa shape index (κ1) is 17.0. The van der Waals surface area contributed by atoms with Gasteiger partial charge in [-0.05, 0) is 24.3 Å². The fourth-order valence-electron chi connectivity index (χ4n) is 2.37. The number of piperazine rings is 1. The Balaban J connectivity index is 1.61. The van der Waals surface area contributed by atoms with Gasteiger partial charge in [-0.25, -0.2) is 0 Å². The summed E-state index contributed by atoms with van der Waals surface area (Å²) < 4.78 is 38.0. The number of anilines is 1. The Morgan fingerprint density at radius 3 is 2.29 bits per heavy atom. The lowest BCUT2D eigenvalue weighted by Crippen LogP contribution is -2.49. The Morgan fingerprint density at radius 1 is 1.08 bits per heavy atom. The van der Waals surface area contributed by atoms with Crippen molar-refractivity contribution in [3.8, 4) is 0 Å². The van der Waals surface area contributed by atoms with E-state index in [2.05, 4.69) is 10.2 Å². The van der Waals surface area contributed by atoms with Crippen LogP contribution in [0.2, 0.25) is 4.34 Å². The van der Waals surface area contributed by atoms with Crippen molar-refractivity contribution >= 4 is 34.7 Å². The van der Waals surface area contributed by atoms with Gasteiger partial charge in [-0.2, -0.15) is 13.2 Å². The molecule has 128 valence electrons. The van der Waals surface area contributed by atoms with Crippen LogP contribution < -0.4 is 4.90 Å². The quantitative estimate of drug-likeness (QED) is 0.807. The normalized spacial score (nSPS) is 15.7. The van der Waals surface area contributed by atoms with E-state index in [0.29, 0.717) is 41.2 Å². The fraction of sp³-hybridized carbons (Fsp3) is 0.357. The second-order valence-electron chi connectivity index (χ2n) is 5.16. The molecule has 0 radical (unpaired) electrons. The molecule has 0 aromatic carbocycles. The van der Waals surface area contributed by atoms with Crippen molar-refractivity contribution in [1.82, 2.24) is 15.1 Å². The summed E-state index contributed by atoms with van der Waals surface area (Å²) in [4.78, 5) is 16.4. The van der Waals surface area contributed by atoms with Crippen LogP contribution in [0.15, 0.2) is 24.3 Å². The van der Waals surface area contributed by atoms with Crippen molar-refractivity contribution in [2.24, 2.45) is 0 Å². The van der Waals surface area contributed by atoms with Gasteiger partial charge in [0, 0.05) is 26.2 Å². The molecule has 0 aliphatic carbocycles. The smallest absolute Gasteiger partial charge is 0.352 e. The number of thiophene rings is 1. The molecule has 0 bridgehead atoms. The van der Waals surface area contributed by atoms with E-state index in [1.165, 1.54) is 17.4 Å². The maximum atomic E-state index is 12.5. The summed E-state index contributed by atoms with van der Waals surface area (Å²) in [6.45, 7) is 1.86. The maximum Gasteiger partial charge on any atom is 0.435 e. The average Bonchev–Trinajstić information content (AvgIpc) is 3.00. The lowest BCUT2D eigenvalue weighted by molar-refractivity contribution is -0.141. The van der Waals surface area contributed by atoms with Gasteiger partial charge >= 0.3 is 6.18 Å². The summed E-state index contributed by atoms with van der Waals surface area (Å²) in [6.07, 6.45) is -4.50. The van der Waals surface area contributed by atoms with Gasteiger partial charge in [-0.1, -0.05) is 11.6 Å². The van der Waals surface area contributed by atoms with E-state index in [4.69, 9.17) is 11.6 Å². The first-order chi connectivity index (χ1) is 11.3. The third-order valence-corrected chi connectivity index (χ3v) is 4.83. The number of aromatic nitrogens is 2. The number of hydrogen-bond acceptors (Lipinski definition) is 5. The van der Waals surface area contributed by atoms with Crippen LogP contribution in [0, 0.1) is 0 Å². The third kappa shape index (κ3) is 3.62. The van der Waals surface area contributed by atoms with Crippen LogP contribution in [0.3, 0.4) is 0 Å². The zero-order valence-corrected chi connectivity index (χ0v) is 13.8. The molecule has 1 aliphatic heterocycles. The fourth-order valence-corrected chi connectivity index (χ4v) is 3.38. The number of alkyl halides is 3. The van der Waals surface area contributed by atoms with Crippen molar-refractivity contribution < 1.29 is 18.0 Å². The lowest BCUT2D eigenvalue weighted by atomic mass is 10.3. The highest BCUT2D eigenvalue weighted by Gasteiger charge is 2.33. The molecule has 1 aliphatic rings. The molecule has 1 fully saturated rings. The Hall–Kier alpha value is -1.87. The molecule has 1 amide bonds. The number of rotatable bonds is 2. The Kier molecular flexibility index (Phi) is 4.64. The zero-order valence-electron chi connectivity index (χ0n) is 12.3. The van der Waals surface area contributed by atoms with Crippen LogP contribution in [0.1, 0.15) is 15.4 Å². The van der Waals surface area contributed by atoms with Crippen molar-refractivity contribution in [3.63, 3.8) is 0 Å². The van der Waals surface area contributed by atoms with E-state index in [0.717, 1.165) is 6.07 Å². The van der Waals surface area contributed by atoms with E-state index >= 15 is 0 Å². The number of amides is 1. The predicted octanol–water partition coefficient (Wildman–Crippen LogP) is 3.17. The number of carbonyl (C=O) groups is 1. The highest BCUT2D eigenvalue weighted by molar-refractivity contribution is 7.17. The Bertz CT molecular complexity index is 726. The van der Waals surface area contributed by atoms with Gasteiger partial charge < -0.3 is 9.80 Å². The second-order valence-corrected chi connectivity index (χ2v) is 6.87. The molecule has 5 nitrogen and oxygen atoms in total. The van der Waals surface area contributed by atoms with Gasteiger partial charge in [0.1, 0.15) is 0 Å². The Labute approximate surface area is 144 Å². The number of nitrogens with zero attached hydrogens (tertiary/aromatic N) is 4. The maximum absolute atomic E-state index is 12.5. The molecule has 0 spiro atoms. The first-order valence-electron chi connectivity index (χ1n) is 7.05. The van der Waals surface area contributed by atoms with Crippen LogP contribution in [0.5, 0.6) is 0 Å². The van der Waals surface area contributed by atoms with E-state index < -0.39 is 11.9 Å². The minimum absolute atomic E-state index is 0.0925. The Morgan fingerprint density at radius 2 is 1.79 bits per heavy atom. The molecule has 2 aromatic rings. The van der Waals surface area contributed by atoms with Crippen LogP contribution in [0.25, 0.3) is 0 Å². The molecular weight excluding hydrogens is 365 g/mol. The summed E-state index contributed by atoms with van der Waals surface area (Å²) in [7, 11) is 0. The number of hydrogen-bond donors (Lipinski definition) is 0. The second kappa shape index (κ2) is 6.56. The minimum Gasteiger partial charge on any atom is -0.352 e. The highest BCUT2D eigenvalue weighted by Crippen LogP contribution is 2.28. The first-order valence-corrected chi connectivity index (χ1v) is 8.24. The van der Waals surface area contributed by atoms with E-state index in [9.17, 15) is 18.0 Å². The molecular formula is C14H12ClF3N4OS. The molecule has 0 unspecified atom stereocenters. The van der Waals surface area contributed by atoms with Gasteiger partial charge in [0.05, 0.1) is 9.21 Å². The molecule has 3 heterocycles. The van der Waals surface area contributed by atoms with E-state index in [1.54, 1.807) is 21.9 Å². The molecule has 24 heavy (non-hydrogen) atoms. The topological polar surface area (TPSA) is 49.3 Å². The van der Waals surface area contributed by atoms with Crippen molar-refractivity contribution in [2.75, 3.05) is 31.1 Å². The zero-order chi connectivity index (χ0) is 17.3. The summed E-state index contributed by atoms with van der Waals surface area (Å²) in [6, 6.07) is 5.57. The van der Waals surface area contributed by atoms with Crippen molar-refractivity contribution in [3.05, 3.63) is 39.2 Å². The van der Waals surface area contributed by atoms with Crippen LogP contribution in [-0.4, -0.2) is 47.2 Å². The van der Waals surface area contributed by atoms with Crippen molar-refractivity contribution in [1.29, 1.82) is 0 Å². The summed E-state index contributed by atoms with van der Waals surface area (Å²) in [5, 5.41) is 6.86. The van der Waals surface area contributed by atoms with Crippen LogP contribution in [0.4, 0.5) is 19.0 Å². The molecule has 0 saturated carbocycles. The summed E-state index contributed by atoms with van der Waals surface area (Å²) in [5.74, 6) is 0.277. The largest absolute Gasteiger partial charge is 0.435 e. The standard InChI is InChI=1S/C14H12ClF3N4OS/c15-11-3-1-9(24-11)13(23)22-7-5-21(6-8-22)12-4-2-10(19-20-12)14(16,17)18/h1-4H,5-8H2. The summed E-state index contributed by atoms with van der Waals surface area (Å²) in [5.41, 5.74) is -1.02. The summed E-state index contributed by atoms with van der Waals surface area (Å²) >= 11 is 7.06. The average molecular weight is 377 g/mol. The molecule has 1 saturated heterocycles. The van der Waals surface area contributed by atoms with E-state index in [-0.39, 0.29) is 5.91 Å². The minimum atomic E-state index is -4.50. The number of carbonyl (C=O) groups excluding carboxylic acids is 1. The van der Waals surface area contributed by atoms with Gasteiger partial charge in [0.2, 0.25) is 0 Å². The van der Waals surface area contributed by atoms with Gasteiger partial charge in [0.15, 0.2) is 11.5 Å². The monoisotopic (exact) mass is 376 g/mol. The molecule has 10 heteroatoms. The molecule has 2 aromatic heterocycles.